The molecule has 0 saturated heterocycles. The fraction of sp³-hybridized carbons (Fsp3) is 0.0769. The molecule has 1 N–H and O–H groups in total. The largest absolute Gasteiger partial charge is 0.493 e. The van der Waals surface area contributed by atoms with E-state index in [1.807, 2.05) is 42.5 Å². The van der Waals surface area contributed by atoms with Gasteiger partial charge in [0.15, 0.2) is 11.5 Å². The standard InChI is InChI=1S/C26H20BrIN2O3/c1-32-24-14-17(15-29-30-26(31)19-9-11-21(27)12-10-19)13-23(28)25(24)33-16-20-7-4-6-18-5-2-3-8-22(18)20/h2-15H,16H2,1H3,(H,30,31)/b29-15-. The first-order chi connectivity index (χ1) is 16.0. The summed E-state index contributed by atoms with van der Waals surface area (Å²) in [4.78, 5) is 12.2. The highest BCUT2D eigenvalue weighted by Gasteiger charge is 2.12. The van der Waals surface area contributed by atoms with Crippen molar-refractivity contribution in [2.45, 2.75) is 6.61 Å². The lowest BCUT2D eigenvalue weighted by atomic mass is 10.1. The number of carbonyl (C=O) groups is 1. The second-order valence-electron chi connectivity index (χ2n) is 7.17. The Bertz CT molecular complexity index is 1320. The molecule has 0 heterocycles. The number of fused-ring (bicyclic) bond motifs is 1. The van der Waals surface area contributed by atoms with Crippen molar-refractivity contribution in [3.05, 3.63) is 104 Å². The molecule has 0 aliphatic heterocycles. The maximum atomic E-state index is 12.2. The molecule has 4 rings (SSSR count). The summed E-state index contributed by atoms with van der Waals surface area (Å²) >= 11 is 5.57. The highest BCUT2D eigenvalue weighted by molar-refractivity contribution is 14.1. The van der Waals surface area contributed by atoms with Crippen molar-refractivity contribution in [3.8, 4) is 11.5 Å². The molecule has 0 aromatic heterocycles. The molecule has 0 spiro atoms. The smallest absolute Gasteiger partial charge is 0.271 e. The van der Waals surface area contributed by atoms with E-state index in [0.717, 1.165) is 19.2 Å². The van der Waals surface area contributed by atoms with Crippen LogP contribution in [-0.4, -0.2) is 19.2 Å². The molecular weight excluding hydrogens is 595 g/mol. The summed E-state index contributed by atoms with van der Waals surface area (Å²) in [5.74, 6) is 0.986. The van der Waals surface area contributed by atoms with Crippen molar-refractivity contribution in [1.29, 1.82) is 0 Å². The number of rotatable bonds is 7. The molecule has 0 aliphatic carbocycles. The SMILES string of the molecule is COc1cc(/C=N\NC(=O)c2ccc(Br)cc2)cc(I)c1OCc1cccc2ccccc12. The van der Waals surface area contributed by atoms with Crippen molar-refractivity contribution in [2.75, 3.05) is 7.11 Å². The van der Waals surface area contributed by atoms with E-state index < -0.39 is 0 Å². The van der Waals surface area contributed by atoms with Gasteiger partial charge in [-0.25, -0.2) is 5.43 Å². The minimum atomic E-state index is -0.282. The van der Waals surface area contributed by atoms with Gasteiger partial charge in [0.25, 0.3) is 5.91 Å². The molecule has 0 unspecified atom stereocenters. The third-order valence-electron chi connectivity index (χ3n) is 4.99. The summed E-state index contributed by atoms with van der Waals surface area (Å²) in [7, 11) is 1.60. The van der Waals surface area contributed by atoms with Gasteiger partial charge in [-0.15, -0.1) is 0 Å². The van der Waals surface area contributed by atoms with E-state index >= 15 is 0 Å². The van der Waals surface area contributed by atoms with Crippen molar-refractivity contribution in [2.24, 2.45) is 5.10 Å². The topological polar surface area (TPSA) is 59.9 Å². The summed E-state index contributed by atoms with van der Waals surface area (Å²) in [5.41, 5.74) is 4.96. The van der Waals surface area contributed by atoms with Gasteiger partial charge >= 0.3 is 0 Å². The summed E-state index contributed by atoms with van der Waals surface area (Å²) in [6, 6.07) is 25.3. The monoisotopic (exact) mass is 614 g/mol. The van der Waals surface area contributed by atoms with Gasteiger partial charge in [-0.3, -0.25) is 4.79 Å². The lowest BCUT2D eigenvalue weighted by molar-refractivity contribution is 0.0955. The zero-order valence-electron chi connectivity index (χ0n) is 17.7. The van der Waals surface area contributed by atoms with Crippen molar-refractivity contribution >= 4 is 61.4 Å². The van der Waals surface area contributed by atoms with Crippen LogP contribution in [-0.2, 0) is 6.61 Å². The Hall–Kier alpha value is -2.91. The molecule has 33 heavy (non-hydrogen) atoms. The van der Waals surface area contributed by atoms with E-state index in [1.165, 1.54) is 10.8 Å². The molecule has 0 saturated carbocycles. The lowest BCUT2D eigenvalue weighted by Gasteiger charge is -2.14. The van der Waals surface area contributed by atoms with E-state index in [9.17, 15) is 4.79 Å². The number of nitrogens with zero attached hydrogens (tertiary/aromatic N) is 1. The Morgan fingerprint density at radius 2 is 1.82 bits per heavy atom. The molecule has 0 radical (unpaired) electrons. The van der Waals surface area contributed by atoms with E-state index in [0.29, 0.717) is 23.7 Å². The van der Waals surface area contributed by atoms with Crippen LogP contribution in [0, 0.1) is 3.57 Å². The summed E-state index contributed by atoms with van der Waals surface area (Å²) in [6.45, 7) is 0.421. The molecule has 7 heteroatoms. The average Bonchev–Trinajstić information content (AvgIpc) is 2.83. The first-order valence-corrected chi connectivity index (χ1v) is 12.0. The molecule has 4 aromatic carbocycles. The average molecular weight is 615 g/mol. The van der Waals surface area contributed by atoms with Crippen LogP contribution in [0.3, 0.4) is 0 Å². The molecule has 0 fully saturated rings. The van der Waals surface area contributed by atoms with Crippen LogP contribution in [0.2, 0.25) is 0 Å². The Morgan fingerprint density at radius 1 is 1.06 bits per heavy atom. The van der Waals surface area contributed by atoms with Gasteiger partial charge in [0.05, 0.1) is 16.9 Å². The highest BCUT2D eigenvalue weighted by Crippen LogP contribution is 2.34. The number of methoxy groups -OCH3 is 1. The number of nitrogens with one attached hydrogen (secondary N) is 1. The summed E-state index contributed by atoms with van der Waals surface area (Å²) < 4.78 is 13.5. The fourth-order valence-electron chi connectivity index (χ4n) is 3.35. The van der Waals surface area contributed by atoms with Gasteiger partial charge in [0, 0.05) is 10.0 Å². The van der Waals surface area contributed by atoms with Gasteiger partial charge in [-0.05, 0) is 80.9 Å². The lowest BCUT2D eigenvalue weighted by Crippen LogP contribution is -2.17. The van der Waals surface area contributed by atoms with Crippen LogP contribution >= 0.6 is 38.5 Å². The Balaban J connectivity index is 1.47. The number of ether oxygens (including phenoxy) is 2. The molecule has 0 aliphatic rings. The zero-order valence-corrected chi connectivity index (χ0v) is 21.5. The van der Waals surface area contributed by atoms with Gasteiger partial charge in [-0.1, -0.05) is 58.4 Å². The number of halogens is 2. The molecule has 0 bridgehead atoms. The maximum Gasteiger partial charge on any atom is 0.271 e. The van der Waals surface area contributed by atoms with Crippen LogP contribution in [0.25, 0.3) is 10.8 Å². The normalized spacial score (nSPS) is 11.0. The van der Waals surface area contributed by atoms with E-state index in [4.69, 9.17) is 9.47 Å². The van der Waals surface area contributed by atoms with Crippen molar-refractivity contribution in [1.82, 2.24) is 5.43 Å². The van der Waals surface area contributed by atoms with E-state index in [2.05, 4.69) is 73.3 Å². The highest BCUT2D eigenvalue weighted by atomic mass is 127. The molecule has 0 atom stereocenters. The van der Waals surface area contributed by atoms with E-state index in [-0.39, 0.29) is 5.91 Å². The van der Waals surface area contributed by atoms with Crippen LogP contribution < -0.4 is 14.9 Å². The number of carbonyl (C=O) groups excluding carboxylic acids is 1. The van der Waals surface area contributed by atoms with Crippen LogP contribution in [0.4, 0.5) is 0 Å². The third-order valence-corrected chi connectivity index (χ3v) is 6.32. The quantitative estimate of drug-likeness (QED) is 0.146. The van der Waals surface area contributed by atoms with Gasteiger partial charge < -0.3 is 9.47 Å². The summed E-state index contributed by atoms with van der Waals surface area (Å²) in [6.07, 6.45) is 1.58. The minimum Gasteiger partial charge on any atom is -0.493 e. The van der Waals surface area contributed by atoms with Gasteiger partial charge in [0.1, 0.15) is 6.61 Å². The maximum absolute atomic E-state index is 12.2. The van der Waals surface area contributed by atoms with Crippen molar-refractivity contribution < 1.29 is 14.3 Å². The number of hydrogen-bond acceptors (Lipinski definition) is 4. The molecule has 5 nitrogen and oxygen atoms in total. The number of amides is 1. The second-order valence-corrected chi connectivity index (χ2v) is 9.24. The first-order valence-electron chi connectivity index (χ1n) is 10.1. The van der Waals surface area contributed by atoms with Gasteiger partial charge in [-0.2, -0.15) is 5.10 Å². The predicted molar refractivity (Wildman–Crippen MR) is 143 cm³/mol. The Labute approximate surface area is 214 Å². The zero-order chi connectivity index (χ0) is 23.2. The number of hydrazone groups is 1. The fourth-order valence-corrected chi connectivity index (χ4v) is 4.40. The summed E-state index contributed by atoms with van der Waals surface area (Å²) in [5, 5.41) is 6.42. The predicted octanol–water partition coefficient (Wildman–Crippen LogP) is 6.56. The molecule has 4 aromatic rings. The van der Waals surface area contributed by atoms with Crippen LogP contribution in [0.5, 0.6) is 11.5 Å². The Kier molecular flexibility index (Phi) is 7.61. The number of benzene rings is 4. The number of hydrogen-bond donors (Lipinski definition) is 1. The van der Waals surface area contributed by atoms with Crippen LogP contribution in [0.15, 0.2) is 88.4 Å². The van der Waals surface area contributed by atoms with Crippen LogP contribution in [0.1, 0.15) is 21.5 Å². The molecule has 1 amide bonds. The third kappa shape index (κ3) is 5.72. The van der Waals surface area contributed by atoms with Crippen molar-refractivity contribution in [3.63, 3.8) is 0 Å². The Morgan fingerprint density at radius 3 is 2.61 bits per heavy atom. The first kappa shape index (κ1) is 23.3. The minimum absolute atomic E-state index is 0.282. The van der Waals surface area contributed by atoms with E-state index in [1.54, 1.807) is 25.5 Å². The second kappa shape index (κ2) is 10.8. The molecular formula is C26H20BrIN2O3. The van der Waals surface area contributed by atoms with Gasteiger partial charge in [0.2, 0.25) is 0 Å². The molecule has 166 valence electrons.